The monoisotopic (exact) mass is 1250 g/mol. The Kier molecular flexibility index (Phi) is 13.9. The highest BCUT2D eigenvalue weighted by atomic mass is 16.3. The molecule has 0 unspecified atom stereocenters. The zero-order valence-corrected chi connectivity index (χ0v) is 59.1. The van der Waals surface area contributed by atoms with Gasteiger partial charge < -0.3 is 18.1 Å². The molecule has 0 aliphatic heterocycles. The predicted molar refractivity (Wildman–Crippen MR) is 407 cm³/mol. The van der Waals surface area contributed by atoms with E-state index in [1.165, 1.54) is 33.4 Å². The molecule has 0 fully saturated rings. The molecule has 7 nitrogen and oxygen atoms in total. The Hall–Kier alpha value is -10.0. The van der Waals surface area contributed by atoms with Crippen LogP contribution in [0.4, 0.5) is 5.69 Å². The van der Waals surface area contributed by atoms with Gasteiger partial charge in [0.2, 0.25) is 5.69 Å². The van der Waals surface area contributed by atoms with Crippen molar-refractivity contribution in [2.24, 2.45) is 0 Å². The van der Waals surface area contributed by atoms with E-state index in [-0.39, 0.29) is 32.5 Å². The zero-order chi connectivity index (χ0) is 67.7. The van der Waals surface area contributed by atoms with Crippen molar-refractivity contribution >= 4 is 93.0 Å². The Morgan fingerprint density at radius 3 is 0.938 bits per heavy atom. The summed E-state index contributed by atoms with van der Waals surface area (Å²) in [7, 11) is 0. The van der Waals surface area contributed by atoms with Gasteiger partial charge in [-0.2, -0.15) is 0 Å². The lowest BCUT2D eigenvalue weighted by molar-refractivity contribution is 0.590. The minimum absolute atomic E-state index is 0.148. The lowest BCUT2D eigenvalue weighted by Crippen LogP contribution is -2.11. The minimum Gasteiger partial charge on any atom is -0.453 e. The van der Waals surface area contributed by atoms with Crippen molar-refractivity contribution in [2.45, 2.75) is 157 Å². The van der Waals surface area contributed by atoms with Gasteiger partial charge in [-0.05, 0) is 151 Å². The Morgan fingerprint density at radius 1 is 0.312 bits per heavy atom. The Balaban J connectivity index is 1.23. The van der Waals surface area contributed by atoms with Gasteiger partial charge in [-0.25, -0.2) is 14.8 Å². The average Bonchev–Trinajstić information content (AvgIpc) is 1.51. The topological polar surface area (TPSA) is 58.1 Å². The van der Waals surface area contributed by atoms with E-state index in [1.807, 2.05) is 12.1 Å². The smallest absolute Gasteiger partial charge is 0.236 e. The van der Waals surface area contributed by atoms with Gasteiger partial charge in [0.05, 0.1) is 68.0 Å². The van der Waals surface area contributed by atoms with E-state index in [4.69, 9.17) is 19.2 Å². The van der Waals surface area contributed by atoms with Gasteiger partial charge in [-0.15, -0.1) is 0 Å². The van der Waals surface area contributed by atoms with E-state index in [0.29, 0.717) is 22.7 Å². The van der Waals surface area contributed by atoms with Crippen LogP contribution in [0.1, 0.15) is 158 Å². The summed E-state index contributed by atoms with van der Waals surface area (Å²) in [5.41, 5.74) is 20.8. The third-order valence-corrected chi connectivity index (χ3v) is 20.2. The number of aromatic nitrogens is 5. The van der Waals surface area contributed by atoms with Crippen LogP contribution in [0.3, 0.4) is 0 Å². The minimum atomic E-state index is -0.154. The molecule has 0 atom stereocenters. The van der Waals surface area contributed by atoms with Gasteiger partial charge in [0.1, 0.15) is 11.3 Å². The maximum atomic E-state index is 10.3. The van der Waals surface area contributed by atoms with Crippen LogP contribution in [0.2, 0.25) is 0 Å². The number of fused-ring (bicyclic) bond motifs is 12. The van der Waals surface area contributed by atoms with Crippen LogP contribution in [0.25, 0.3) is 143 Å². The molecule has 15 rings (SSSR count). The Labute approximate surface area is 564 Å². The van der Waals surface area contributed by atoms with Crippen LogP contribution in [0.5, 0.6) is 0 Å². The van der Waals surface area contributed by atoms with Crippen LogP contribution >= 0.6 is 0 Å². The molecule has 0 saturated carbocycles. The number of benzene rings is 10. The number of nitrogens with zero attached hydrogens (tertiary/aromatic N) is 6. The van der Waals surface area contributed by atoms with Crippen molar-refractivity contribution in [1.29, 1.82) is 0 Å². The highest BCUT2D eigenvalue weighted by molar-refractivity contribution is 6.24. The molecule has 0 spiro atoms. The zero-order valence-electron chi connectivity index (χ0n) is 59.1. The summed E-state index contributed by atoms with van der Waals surface area (Å²) in [6.07, 6.45) is 0. The van der Waals surface area contributed by atoms with Crippen molar-refractivity contribution in [1.82, 2.24) is 23.7 Å². The highest BCUT2D eigenvalue weighted by Gasteiger charge is 2.36. The third-order valence-electron chi connectivity index (χ3n) is 20.2. The van der Waals surface area contributed by atoms with Crippen LogP contribution in [-0.2, 0) is 32.5 Å². The molecule has 0 bridgehead atoms. The molecular formula is C89H86N6O. The molecule has 10 aromatic carbocycles. The summed E-state index contributed by atoms with van der Waals surface area (Å²) < 4.78 is 15.5. The van der Waals surface area contributed by atoms with Gasteiger partial charge in [-0.1, -0.05) is 234 Å². The standard InChI is InChI=1S/C89H86N6O/c1-84(2,3)54-33-39-70-62(45-54)63-46-55(85(4,5)6)34-40-71(63)93(70)78-76-60-31-26-32-61(83-91-68(52-27-22-20-23-28-52)51-69(92-83)53-29-24-21-25-30-53)81(60)96-82(76)80(95-74-43-37-58(88(13,14)15)49-66(74)67-50-59(89(16,17)18)38-44-75(67)95)79(77(78)90-19)94-72-41-35-56(86(7,8)9)47-64(72)65-48-57(87(10,11)12)36-42-73(65)94/h20-51H,1-18H3. The third kappa shape index (κ3) is 10.0. The number of para-hydroxylation sites is 1. The molecule has 0 saturated heterocycles. The first-order valence-corrected chi connectivity index (χ1v) is 34.1. The molecule has 96 heavy (non-hydrogen) atoms. The van der Waals surface area contributed by atoms with E-state index in [1.54, 1.807) is 0 Å². The Bertz CT molecular complexity index is 5480. The molecule has 0 radical (unpaired) electrons. The molecule has 7 heteroatoms. The number of furan rings is 1. The van der Waals surface area contributed by atoms with Crippen molar-refractivity contribution in [3.63, 3.8) is 0 Å². The average molecular weight is 1260 g/mol. The van der Waals surface area contributed by atoms with Gasteiger partial charge >= 0.3 is 0 Å². The predicted octanol–water partition coefficient (Wildman–Crippen LogP) is 25.0. The van der Waals surface area contributed by atoms with E-state index in [9.17, 15) is 6.57 Å². The van der Waals surface area contributed by atoms with Gasteiger partial charge in [0, 0.05) is 54.2 Å². The molecule has 0 aliphatic rings. The van der Waals surface area contributed by atoms with Crippen molar-refractivity contribution in [3.05, 3.63) is 239 Å². The van der Waals surface area contributed by atoms with Crippen molar-refractivity contribution in [3.8, 4) is 51.0 Å². The quantitative estimate of drug-likeness (QED) is 0.156. The van der Waals surface area contributed by atoms with E-state index in [2.05, 4.69) is 320 Å². The number of hydrogen-bond acceptors (Lipinski definition) is 3. The normalized spacial score (nSPS) is 13.1. The Morgan fingerprint density at radius 2 is 0.625 bits per heavy atom. The molecule has 0 N–H and O–H groups in total. The highest BCUT2D eigenvalue weighted by Crippen LogP contribution is 2.55. The second-order valence-corrected chi connectivity index (χ2v) is 33.1. The fraction of sp³-hybridized carbons (Fsp3) is 0.270. The van der Waals surface area contributed by atoms with Gasteiger partial charge in [-0.3, -0.25) is 0 Å². The van der Waals surface area contributed by atoms with Crippen LogP contribution in [0, 0.1) is 6.57 Å². The van der Waals surface area contributed by atoms with Crippen molar-refractivity contribution in [2.75, 3.05) is 0 Å². The summed E-state index contributed by atoms with van der Waals surface area (Å²) in [4.78, 5) is 16.1. The lowest BCUT2D eigenvalue weighted by Gasteiger charge is -2.24. The van der Waals surface area contributed by atoms with Crippen LogP contribution < -0.4 is 0 Å². The first-order chi connectivity index (χ1) is 45.4. The SMILES string of the molecule is [C-]#[N+]c1c(-n2c3ccc(C(C)(C)C)cc3c3cc(C(C)(C)C)ccc32)c(-n2c3ccc(C(C)(C)C)cc3c3cc(C(C)(C)C)ccc32)c2oc3c(-c4nc(-c5ccccc5)cc(-c5ccccc5)n4)cccc3c2c1-n1c2ccc(C(C)(C)C)cc2c2cc(C(C)(C)C)ccc21. The van der Waals surface area contributed by atoms with E-state index in [0.717, 1.165) is 121 Å². The molecule has 0 amide bonds. The fourth-order valence-electron chi connectivity index (χ4n) is 14.6. The summed E-state index contributed by atoms with van der Waals surface area (Å²) >= 11 is 0. The molecule has 0 aliphatic carbocycles. The second-order valence-electron chi connectivity index (χ2n) is 33.1. The molecule has 5 heterocycles. The van der Waals surface area contributed by atoms with Gasteiger partial charge in [0.25, 0.3) is 0 Å². The van der Waals surface area contributed by atoms with E-state index < -0.39 is 0 Å². The van der Waals surface area contributed by atoms with Crippen LogP contribution in [-0.4, -0.2) is 23.7 Å². The molecule has 478 valence electrons. The fourth-order valence-corrected chi connectivity index (χ4v) is 14.6. The molecule has 15 aromatic rings. The first kappa shape index (κ1) is 62.1. The molecule has 5 aromatic heterocycles. The summed E-state index contributed by atoms with van der Waals surface area (Å²) in [6, 6.07) is 71.4. The number of hydrogen-bond donors (Lipinski definition) is 0. The largest absolute Gasteiger partial charge is 0.453 e. The van der Waals surface area contributed by atoms with Gasteiger partial charge in [0.15, 0.2) is 11.4 Å². The summed E-state index contributed by atoms with van der Waals surface area (Å²) in [5.74, 6) is 0.530. The second kappa shape index (κ2) is 21.5. The maximum Gasteiger partial charge on any atom is 0.236 e. The van der Waals surface area contributed by atoms with E-state index >= 15 is 0 Å². The summed E-state index contributed by atoms with van der Waals surface area (Å²) in [5, 5.41) is 8.41. The number of rotatable bonds is 6. The van der Waals surface area contributed by atoms with Crippen LogP contribution in [0.15, 0.2) is 199 Å². The summed E-state index contributed by atoms with van der Waals surface area (Å²) in [6.45, 7) is 51.6. The molecular weight excluding hydrogens is 1170 g/mol. The maximum absolute atomic E-state index is 10.3. The first-order valence-electron chi connectivity index (χ1n) is 34.1. The lowest BCUT2D eigenvalue weighted by atomic mass is 9.85. The van der Waals surface area contributed by atoms with Crippen molar-refractivity contribution < 1.29 is 4.42 Å².